The second-order valence-corrected chi connectivity index (χ2v) is 9.64. The van der Waals surface area contributed by atoms with Gasteiger partial charge in [0.15, 0.2) is 11.4 Å². The van der Waals surface area contributed by atoms with Crippen molar-refractivity contribution in [2.45, 2.75) is 44.8 Å². The summed E-state index contributed by atoms with van der Waals surface area (Å²) in [6.07, 6.45) is 2.46. The second kappa shape index (κ2) is 8.66. The number of phenolic OH excluding ortho intramolecular Hbond substituents is 1. The molecule has 0 saturated heterocycles. The number of amides is 1. The highest BCUT2D eigenvalue weighted by molar-refractivity contribution is 6.22. The monoisotopic (exact) mass is 482 g/mol. The lowest BCUT2D eigenvalue weighted by Gasteiger charge is -2.46. The number of aromatic hydroxyl groups is 1. The summed E-state index contributed by atoms with van der Waals surface area (Å²) < 4.78 is 0. The summed E-state index contributed by atoms with van der Waals surface area (Å²) in [5.41, 5.74) is 4.07. The van der Waals surface area contributed by atoms with Gasteiger partial charge in [0, 0.05) is 36.6 Å². The number of Topliss-reactive ketones (excluding diaryl/α,β-unsaturated/α-hetero) is 2. The first kappa shape index (κ1) is 24.7. The molecular formula is C26H30N2O7. The van der Waals surface area contributed by atoms with Crippen LogP contribution in [0.2, 0.25) is 0 Å². The maximum Gasteiger partial charge on any atom is 0.255 e. The lowest BCUT2D eigenvalue weighted by atomic mass is 9.59. The number of aliphatic hydroxyl groups is 3. The van der Waals surface area contributed by atoms with Gasteiger partial charge in [-0.15, -0.1) is 6.58 Å². The molecule has 0 spiro atoms. The Morgan fingerprint density at radius 2 is 1.94 bits per heavy atom. The molecule has 3 unspecified atom stereocenters. The van der Waals surface area contributed by atoms with Crippen molar-refractivity contribution in [1.82, 2.24) is 4.90 Å². The van der Waals surface area contributed by atoms with Crippen LogP contribution in [0, 0.1) is 11.8 Å². The molecule has 35 heavy (non-hydrogen) atoms. The molecule has 1 fully saturated rings. The summed E-state index contributed by atoms with van der Waals surface area (Å²) >= 11 is 0. The third kappa shape index (κ3) is 3.57. The van der Waals surface area contributed by atoms with Crippen molar-refractivity contribution in [2.75, 3.05) is 13.6 Å². The predicted octanol–water partition coefficient (Wildman–Crippen LogP) is 1.60. The molecule has 0 heterocycles. The summed E-state index contributed by atoms with van der Waals surface area (Å²) in [7, 11) is 1.86. The van der Waals surface area contributed by atoms with Crippen LogP contribution >= 0.6 is 0 Å². The number of aryl methyl sites for hydroxylation is 1. The van der Waals surface area contributed by atoms with Crippen LogP contribution in [-0.4, -0.2) is 62.0 Å². The molecule has 1 aromatic rings. The SMILES string of the molecule is C=CCN(C)Cc1cc(CC)c2c(c1O)C(O)=C1C(=O)C3(O)C(O)=C(C(N)=O)C(=O)CC3CC1C2. The second-order valence-electron chi connectivity index (χ2n) is 9.64. The lowest BCUT2D eigenvalue weighted by molar-refractivity contribution is -0.147. The van der Waals surface area contributed by atoms with Gasteiger partial charge in [0.2, 0.25) is 5.78 Å². The molecule has 0 radical (unpaired) electrons. The lowest BCUT2D eigenvalue weighted by Crippen LogP contribution is -2.58. The highest BCUT2D eigenvalue weighted by Crippen LogP contribution is 2.52. The normalized spacial score (nSPS) is 25.9. The van der Waals surface area contributed by atoms with Crippen LogP contribution < -0.4 is 5.73 Å². The van der Waals surface area contributed by atoms with Crippen molar-refractivity contribution in [2.24, 2.45) is 17.6 Å². The van der Waals surface area contributed by atoms with E-state index in [4.69, 9.17) is 5.73 Å². The van der Waals surface area contributed by atoms with Gasteiger partial charge < -0.3 is 26.2 Å². The van der Waals surface area contributed by atoms with Crippen LogP contribution in [0.5, 0.6) is 5.75 Å². The van der Waals surface area contributed by atoms with Crippen molar-refractivity contribution in [1.29, 1.82) is 0 Å². The summed E-state index contributed by atoms with van der Waals surface area (Å²) in [6.45, 7) is 6.62. The maximum absolute atomic E-state index is 13.6. The summed E-state index contributed by atoms with van der Waals surface area (Å²) in [6, 6.07) is 1.89. The van der Waals surface area contributed by atoms with E-state index in [1.54, 1.807) is 6.08 Å². The number of carbonyl (C=O) groups excluding carboxylic acids is 3. The van der Waals surface area contributed by atoms with Gasteiger partial charge in [-0.3, -0.25) is 19.3 Å². The number of fused-ring (bicyclic) bond motifs is 3. The minimum atomic E-state index is -2.55. The van der Waals surface area contributed by atoms with Gasteiger partial charge in [-0.05, 0) is 43.4 Å². The van der Waals surface area contributed by atoms with Crippen molar-refractivity contribution < 1.29 is 34.8 Å². The molecule has 1 amide bonds. The predicted molar refractivity (Wildman–Crippen MR) is 127 cm³/mol. The smallest absolute Gasteiger partial charge is 0.255 e. The molecule has 9 heteroatoms. The van der Waals surface area contributed by atoms with Crippen LogP contribution in [0.3, 0.4) is 0 Å². The van der Waals surface area contributed by atoms with Crippen LogP contribution in [0.1, 0.15) is 42.0 Å². The minimum absolute atomic E-state index is 0.122. The number of hydrogen-bond acceptors (Lipinski definition) is 8. The van der Waals surface area contributed by atoms with E-state index in [9.17, 15) is 34.8 Å². The van der Waals surface area contributed by atoms with Crippen LogP contribution in [-0.2, 0) is 33.8 Å². The number of aliphatic hydroxyl groups excluding tert-OH is 2. The largest absolute Gasteiger partial charge is 0.508 e. The van der Waals surface area contributed by atoms with E-state index in [1.165, 1.54) is 0 Å². The van der Waals surface area contributed by atoms with E-state index >= 15 is 0 Å². The molecule has 186 valence electrons. The van der Waals surface area contributed by atoms with Crippen molar-refractivity contribution in [3.63, 3.8) is 0 Å². The molecule has 0 aliphatic heterocycles. The van der Waals surface area contributed by atoms with Crippen molar-refractivity contribution in [3.8, 4) is 5.75 Å². The van der Waals surface area contributed by atoms with E-state index in [2.05, 4.69) is 6.58 Å². The maximum atomic E-state index is 13.6. The number of phenols is 1. The summed E-state index contributed by atoms with van der Waals surface area (Å²) in [5.74, 6) is -6.15. The van der Waals surface area contributed by atoms with Gasteiger partial charge in [-0.2, -0.15) is 0 Å². The Bertz CT molecular complexity index is 1230. The van der Waals surface area contributed by atoms with Gasteiger partial charge in [0.25, 0.3) is 5.91 Å². The Balaban J connectivity index is 1.90. The molecule has 6 N–H and O–H groups in total. The molecule has 1 saturated carbocycles. The fraction of sp³-hybridized carbons (Fsp3) is 0.423. The molecule has 0 bridgehead atoms. The van der Waals surface area contributed by atoms with Crippen LogP contribution in [0.4, 0.5) is 0 Å². The fourth-order valence-corrected chi connectivity index (χ4v) is 5.84. The number of likely N-dealkylation sites (N-methyl/N-ethyl adjacent to an activating group) is 1. The third-order valence-corrected chi connectivity index (χ3v) is 7.50. The Kier molecular flexibility index (Phi) is 6.11. The zero-order valence-electron chi connectivity index (χ0n) is 19.8. The molecule has 3 atom stereocenters. The zero-order valence-corrected chi connectivity index (χ0v) is 19.8. The average Bonchev–Trinajstić information content (AvgIpc) is 2.78. The summed E-state index contributed by atoms with van der Waals surface area (Å²) in [5, 5.41) is 44.4. The zero-order chi connectivity index (χ0) is 25.8. The van der Waals surface area contributed by atoms with E-state index in [0.717, 1.165) is 5.56 Å². The van der Waals surface area contributed by atoms with Gasteiger partial charge in [0.1, 0.15) is 22.8 Å². The first-order valence-electron chi connectivity index (χ1n) is 11.6. The molecule has 3 aliphatic carbocycles. The number of hydrogen-bond donors (Lipinski definition) is 5. The minimum Gasteiger partial charge on any atom is -0.508 e. The van der Waals surface area contributed by atoms with Gasteiger partial charge in [-0.25, -0.2) is 0 Å². The molecule has 0 aromatic heterocycles. The topological polar surface area (TPSA) is 161 Å². The van der Waals surface area contributed by atoms with Crippen molar-refractivity contribution >= 4 is 23.2 Å². The fourth-order valence-electron chi connectivity index (χ4n) is 5.84. The molecule has 4 rings (SSSR count). The van der Waals surface area contributed by atoms with E-state index < -0.39 is 52.0 Å². The molecule has 3 aliphatic rings. The Morgan fingerprint density at radius 1 is 1.26 bits per heavy atom. The number of benzene rings is 1. The highest BCUT2D eigenvalue weighted by atomic mass is 16.3. The van der Waals surface area contributed by atoms with Crippen LogP contribution in [0.15, 0.2) is 35.6 Å². The number of rotatable bonds is 6. The number of primary amides is 1. The first-order valence-corrected chi connectivity index (χ1v) is 11.6. The Labute approximate surface area is 202 Å². The third-order valence-electron chi connectivity index (χ3n) is 7.50. The van der Waals surface area contributed by atoms with E-state index in [0.29, 0.717) is 37.1 Å². The van der Waals surface area contributed by atoms with Crippen LogP contribution in [0.25, 0.3) is 5.76 Å². The Morgan fingerprint density at radius 3 is 2.54 bits per heavy atom. The number of nitrogens with zero attached hydrogens (tertiary/aromatic N) is 1. The highest BCUT2D eigenvalue weighted by Gasteiger charge is 2.60. The van der Waals surface area contributed by atoms with E-state index in [1.807, 2.05) is 24.9 Å². The first-order chi connectivity index (χ1) is 16.5. The standard InChI is InChI=1S/C26H30N2O7/c1-4-6-28(3)11-14-7-12(5-2)16-9-13-8-15-10-17(29)20(25(27)34)24(33)26(15,35)23(32)18(13)22(31)19(16)21(14)30/h4,7,13,15,30-31,33,35H,1,5-6,8-11H2,2-3H3,(H2,27,34). The molecule has 9 nitrogen and oxygen atoms in total. The average molecular weight is 483 g/mol. The van der Waals surface area contributed by atoms with Gasteiger partial charge in [-0.1, -0.05) is 19.1 Å². The van der Waals surface area contributed by atoms with Crippen molar-refractivity contribution in [3.05, 3.63) is 57.9 Å². The molecular weight excluding hydrogens is 452 g/mol. The Hall–Kier alpha value is -3.43. The molecule has 1 aromatic carbocycles. The van der Waals surface area contributed by atoms with Gasteiger partial charge >= 0.3 is 0 Å². The number of ketones is 2. The van der Waals surface area contributed by atoms with E-state index in [-0.39, 0.29) is 29.7 Å². The quantitative estimate of drug-likeness (QED) is 0.302. The van der Waals surface area contributed by atoms with Gasteiger partial charge in [0.05, 0.1) is 5.56 Å². The number of carbonyl (C=O) groups is 3. The number of nitrogens with two attached hydrogens (primary N) is 1. The summed E-state index contributed by atoms with van der Waals surface area (Å²) in [4.78, 5) is 39.7.